The summed E-state index contributed by atoms with van der Waals surface area (Å²) in [6.07, 6.45) is 10.4. The third kappa shape index (κ3) is 16.4. The Kier molecular flexibility index (Phi) is 18.7. The van der Waals surface area contributed by atoms with Crippen molar-refractivity contribution in [1.82, 2.24) is 0 Å². The Morgan fingerprint density at radius 2 is 1.33 bits per heavy atom. The molecule has 0 heterocycles. The summed E-state index contributed by atoms with van der Waals surface area (Å²) in [5, 5.41) is 8.58. The molecule has 1 atom stereocenters. The summed E-state index contributed by atoms with van der Waals surface area (Å²) < 4.78 is 4.63. The van der Waals surface area contributed by atoms with Gasteiger partial charge in [-0.25, -0.2) is 0 Å². The first kappa shape index (κ1) is 25.8. The van der Waals surface area contributed by atoms with E-state index in [4.69, 9.17) is 10.8 Å². The molecule has 0 saturated carbocycles. The predicted octanol–water partition coefficient (Wildman–Crippen LogP) is 2.52. The van der Waals surface area contributed by atoms with Crippen molar-refractivity contribution in [3.63, 3.8) is 0 Å². The summed E-state index contributed by atoms with van der Waals surface area (Å²) in [4.78, 5) is 33.3. The standard InChI is InChI=1S/C17H31NO5.Na.H/c1-2-3-4-5-6-7-8-9-10-11-15(19)23-16(20)13-12-14(18)17(21)22;;/h14H,2-13,18H2,1H3,(H,21,22);;/t14-;;/m0../s1. The normalized spacial score (nSPS) is 11.4. The van der Waals surface area contributed by atoms with Crippen LogP contribution in [0.2, 0.25) is 0 Å². The Morgan fingerprint density at radius 3 is 1.83 bits per heavy atom. The van der Waals surface area contributed by atoms with E-state index in [2.05, 4.69) is 11.7 Å². The van der Waals surface area contributed by atoms with Crippen molar-refractivity contribution >= 4 is 47.5 Å². The van der Waals surface area contributed by atoms with Crippen LogP contribution in [0.4, 0.5) is 0 Å². The summed E-state index contributed by atoms with van der Waals surface area (Å²) in [7, 11) is 0. The maximum atomic E-state index is 11.4. The zero-order valence-electron chi connectivity index (χ0n) is 14.2. The van der Waals surface area contributed by atoms with Crippen molar-refractivity contribution in [1.29, 1.82) is 0 Å². The summed E-state index contributed by atoms with van der Waals surface area (Å²) in [5.74, 6) is -2.41. The van der Waals surface area contributed by atoms with Crippen LogP contribution in [0.15, 0.2) is 0 Å². The quantitative estimate of drug-likeness (QED) is 0.215. The third-order valence-corrected chi connectivity index (χ3v) is 3.69. The first-order valence-corrected chi connectivity index (χ1v) is 8.69. The molecule has 0 aliphatic heterocycles. The monoisotopic (exact) mass is 353 g/mol. The number of ether oxygens (including phenoxy) is 1. The average Bonchev–Trinajstić information content (AvgIpc) is 2.50. The number of hydrogen-bond acceptors (Lipinski definition) is 5. The molecule has 136 valence electrons. The topological polar surface area (TPSA) is 107 Å². The number of esters is 2. The Morgan fingerprint density at radius 1 is 0.875 bits per heavy atom. The molecular formula is C17H32NNaO5. The van der Waals surface area contributed by atoms with Crippen molar-refractivity contribution in [3.05, 3.63) is 0 Å². The maximum absolute atomic E-state index is 11.4. The van der Waals surface area contributed by atoms with Crippen LogP contribution in [0.25, 0.3) is 0 Å². The molecule has 0 unspecified atom stereocenters. The van der Waals surface area contributed by atoms with Gasteiger partial charge in [0.25, 0.3) is 0 Å². The van der Waals surface area contributed by atoms with Gasteiger partial charge in [0.05, 0.1) is 0 Å². The van der Waals surface area contributed by atoms with Gasteiger partial charge in [0.2, 0.25) is 0 Å². The van der Waals surface area contributed by atoms with Gasteiger partial charge >= 0.3 is 47.5 Å². The van der Waals surface area contributed by atoms with E-state index in [-0.39, 0.29) is 48.8 Å². The molecule has 0 aliphatic rings. The fraction of sp³-hybridized carbons (Fsp3) is 0.824. The number of carbonyl (C=O) groups excluding carboxylic acids is 2. The van der Waals surface area contributed by atoms with E-state index >= 15 is 0 Å². The van der Waals surface area contributed by atoms with Gasteiger partial charge in [0.15, 0.2) is 0 Å². The van der Waals surface area contributed by atoms with Gasteiger partial charge < -0.3 is 15.6 Å². The molecule has 0 amide bonds. The van der Waals surface area contributed by atoms with Crippen LogP contribution in [0.5, 0.6) is 0 Å². The number of carboxylic acids is 1. The first-order valence-electron chi connectivity index (χ1n) is 8.69. The van der Waals surface area contributed by atoms with Gasteiger partial charge in [-0.2, -0.15) is 0 Å². The van der Waals surface area contributed by atoms with E-state index in [0.29, 0.717) is 0 Å². The van der Waals surface area contributed by atoms with Gasteiger partial charge in [-0.3, -0.25) is 14.4 Å². The molecule has 3 N–H and O–H groups in total. The van der Waals surface area contributed by atoms with Gasteiger partial charge in [-0.1, -0.05) is 58.3 Å². The molecule has 0 radical (unpaired) electrons. The van der Waals surface area contributed by atoms with Crippen LogP contribution < -0.4 is 5.73 Å². The van der Waals surface area contributed by atoms with Crippen molar-refractivity contribution in [3.8, 4) is 0 Å². The van der Waals surface area contributed by atoms with Crippen molar-refractivity contribution in [2.75, 3.05) is 0 Å². The summed E-state index contributed by atoms with van der Waals surface area (Å²) in [5.41, 5.74) is 5.27. The zero-order chi connectivity index (χ0) is 17.5. The van der Waals surface area contributed by atoms with Gasteiger partial charge in [0, 0.05) is 12.8 Å². The number of carboxylic acid groups (broad SMARTS) is 1. The number of nitrogens with two attached hydrogens (primary N) is 1. The number of rotatable bonds is 14. The number of unbranched alkanes of at least 4 members (excludes halogenated alkanes) is 8. The van der Waals surface area contributed by atoms with E-state index in [1.165, 1.54) is 38.5 Å². The molecule has 24 heavy (non-hydrogen) atoms. The van der Waals surface area contributed by atoms with E-state index < -0.39 is 23.9 Å². The molecule has 0 aromatic heterocycles. The fourth-order valence-corrected chi connectivity index (χ4v) is 2.21. The second kappa shape index (κ2) is 17.4. The Balaban J connectivity index is 0. The SMILES string of the molecule is CCCCCCCCCCCC(=O)OC(=O)CC[C@H](N)C(=O)O.[NaH]. The molecule has 0 aromatic rings. The Labute approximate surface area is 167 Å². The van der Waals surface area contributed by atoms with E-state index in [0.717, 1.165) is 19.3 Å². The molecule has 0 aliphatic carbocycles. The molecule has 0 fully saturated rings. The van der Waals surface area contributed by atoms with Crippen LogP contribution in [0.1, 0.15) is 84.0 Å². The van der Waals surface area contributed by atoms with Crippen LogP contribution in [0.3, 0.4) is 0 Å². The Bertz CT molecular complexity index is 363. The van der Waals surface area contributed by atoms with Gasteiger partial charge in [0.1, 0.15) is 6.04 Å². The van der Waals surface area contributed by atoms with Crippen molar-refractivity contribution < 1.29 is 24.2 Å². The van der Waals surface area contributed by atoms with Gasteiger partial charge in [-0.15, -0.1) is 0 Å². The second-order valence-corrected chi connectivity index (χ2v) is 5.91. The minimum absolute atomic E-state index is 0. The Hall–Kier alpha value is -0.430. The molecular weight excluding hydrogens is 321 g/mol. The van der Waals surface area contributed by atoms with Crippen LogP contribution in [-0.4, -0.2) is 58.6 Å². The molecule has 0 aromatic carbocycles. The van der Waals surface area contributed by atoms with Crippen LogP contribution in [-0.2, 0) is 19.1 Å². The fourth-order valence-electron chi connectivity index (χ4n) is 2.21. The van der Waals surface area contributed by atoms with Crippen LogP contribution in [0, 0.1) is 0 Å². The number of hydrogen-bond donors (Lipinski definition) is 2. The van der Waals surface area contributed by atoms with Crippen LogP contribution >= 0.6 is 0 Å². The number of carbonyl (C=O) groups is 3. The zero-order valence-corrected chi connectivity index (χ0v) is 14.2. The molecule has 0 spiro atoms. The van der Waals surface area contributed by atoms with Crippen molar-refractivity contribution in [2.24, 2.45) is 5.73 Å². The summed E-state index contributed by atoms with van der Waals surface area (Å²) in [6, 6.07) is -1.10. The summed E-state index contributed by atoms with van der Waals surface area (Å²) in [6.45, 7) is 2.20. The van der Waals surface area contributed by atoms with E-state index in [9.17, 15) is 14.4 Å². The third-order valence-electron chi connectivity index (χ3n) is 3.69. The summed E-state index contributed by atoms with van der Waals surface area (Å²) >= 11 is 0. The molecule has 0 bridgehead atoms. The molecule has 7 heteroatoms. The van der Waals surface area contributed by atoms with Gasteiger partial charge in [-0.05, 0) is 12.8 Å². The molecule has 0 saturated heterocycles. The first-order chi connectivity index (χ1) is 11.0. The average molecular weight is 353 g/mol. The molecule has 0 rings (SSSR count). The predicted molar refractivity (Wildman–Crippen MR) is 94.9 cm³/mol. The second-order valence-electron chi connectivity index (χ2n) is 5.91. The number of aliphatic carboxylic acids is 1. The molecule has 6 nitrogen and oxygen atoms in total. The van der Waals surface area contributed by atoms with E-state index in [1.54, 1.807) is 0 Å². The van der Waals surface area contributed by atoms with Crippen molar-refractivity contribution in [2.45, 2.75) is 90.0 Å². The van der Waals surface area contributed by atoms with E-state index in [1.807, 2.05) is 0 Å². The minimum atomic E-state index is -1.17.